The average molecular weight is 497 g/mol. The van der Waals surface area contributed by atoms with Gasteiger partial charge in [0.1, 0.15) is 17.1 Å². The Morgan fingerprint density at radius 2 is 1.24 bits per heavy atom. The lowest BCUT2D eigenvalue weighted by atomic mass is 9.87. The lowest BCUT2D eigenvalue weighted by molar-refractivity contribution is 0.417. The van der Waals surface area contributed by atoms with E-state index in [1.54, 1.807) is 0 Å². The second-order valence-electron chi connectivity index (χ2n) is 10.4. The van der Waals surface area contributed by atoms with E-state index in [-0.39, 0.29) is 12.0 Å². The monoisotopic (exact) mass is 496 g/mol. The standard InChI is InChI=1S/C32H28N6/c1-19-11-9-12-20(2)29(19)37-31-25-17-7-8-18-26(25)32-28(24-16-6-5-15-23(24)27(31)33-35-37)34-36-38(32)30-21(3)13-10-14-22(30)4/h5-19,29H,1-4H3/t19?,29-/m0/s1. The summed E-state index contributed by atoms with van der Waals surface area (Å²) >= 11 is 0. The number of hydrogen-bond acceptors (Lipinski definition) is 4. The third kappa shape index (κ3) is 3.19. The molecule has 5 aromatic rings. The maximum Gasteiger partial charge on any atom is 0.122 e. The number of allylic oxidation sites excluding steroid dienone is 4. The van der Waals surface area contributed by atoms with Crippen LogP contribution in [0.15, 0.2) is 90.5 Å². The molecule has 0 bridgehead atoms. The van der Waals surface area contributed by atoms with Crippen molar-refractivity contribution in [3.8, 4) is 50.7 Å². The third-order valence-corrected chi connectivity index (χ3v) is 7.89. The van der Waals surface area contributed by atoms with E-state index in [2.05, 4.69) is 117 Å². The minimum atomic E-state index is 0.0806. The van der Waals surface area contributed by atoms with Crippen molar-refractivity contribution in [1.29, 1.82) is 0 Å². The van der Waals surface area contributed by atoms with Crippen LogP contribution in [-0.4, -0.2) is 30.0 Å². The van der Waals surface area contributed by atoms with Gasteiger partial charge in [-0.05, 0) is 37.5 Å². The number of fused-ring (bicyclic) bond motifs is 8. The summed E-state index contributed by atoms with van der Waals surface area (Å²) < 4.78 is 4.15. The summed E-state index contributed by atoms with van der Waals surface area (Å²) in [5.41, 5.74) is 12.5. The molecule has 0 fully saturated rings. The zero-order chi connectivity index (χ0) is 26.0. The predicted octanol–water partition coefficient (Wildman–Crippen LogP) is 7.15. The fraction of sp³-hybridized carbons (Fsp3) is 0.188. The summed E-state index contributed by atoms with van der Waals surface area (Å²) in [6.07, 6.45) is 6.56. The van der Waals surface area contributed by atoms with Crippen LogP contribution < -0.4 is 0 Å². The van der Waals surface area contributed by atoms with Gasteiger partial charge in [-0.2, -0.15) is 0 Å². The van der Waals surface area contributed by atoms with Crippen LogP contribution >= 0.6 is 0 Å². The Bertz CT molecular complexity index is 1760. The van der Waals surface area contributed by atoms with Gasteiger partial charge < -0.3 is 0 Å². The van der Waals surface area contributed by atoms with Gasteiger partial charge in [0.15, 0.2) is 0 Å². The smallest absolute Gasteiger partial charge is 0.122 e. The molecule has 186 valence electrons. The molecule has 2 aliphatic rings. The van der Waals surface area contributed by atoms with Gasteiger partial charge >= 0.3 is 0 Å². The molecule has 2 atom stereocenters. The van der Waals surface area contributed by atoms with Gasteiger partial charge in [0.25, 0.3) is 0 Å². The molecule has 2 aromatic heterocycles. The highest BCUT2D eigenvalue weighted by Gasteiger charge is 2.33. The van der Waals surface area contributed by atoms with E-state index in [9.17, 15) is 0 Å². The van der Waals surface area contributed by atoms with Crippen molar-refractivity contribution in [3.63, 3.8) is 0 Å². The average Bonchev–Trinajstić information content (AvgIpc) is 3.52. The van der Waals surface area contributed by atoms with Gasteiger partial charge in [-0.3, -0.25) is 0 Å². The molecule has 0 amide bonds. The van der Waals surface area contributed by atoms with Crippen molar-refractivity contribution in [2.24, 2.45) is 5.92 Å². The van der Waals surface area contributed by atoms with Crippen molar-refractivity contribution >= 4 is 0 Å². The molecular weight excluding hydrogens is 468 g/mol. The van der Waals surface area contributed by atoms with E-state index in [0.29, 0.717) is 0 Å². The SMILES string of the molecule is CC1=CC=CC(C)[C@@H]1n1nnc2c1-c1ccccc1-c1c(nnn1-c1c(C)cccc1C)-c1ccccc1-2. The fourth-order valence-electron chi connectivity index (χ4n) is 6.13. The Morgan fingerprint density at radius 1 is 0.658 bits per heavy atom. The van der Waals surface area contributed by atoms with Gasteiger partial charge in [0.2, 0.25) is 0 Å². The van der Waals surface area contributed by atoms with E-state index in [1.165, 1.54) is 5.57 Å². The number of aryl methyl sites for hydroxylation is 2. The van der Waals surface area contributed by atoms with Crippen molar-refractivity contribution in [3.05, 3.63) is 102 Å². The maximum atomic E-state index is 4.82. The van der Waals surface area contributed by atoms with Crippen molar-refractivity contribution in [2.45, 2.75) is 33.7 Å². The molecule has 38 heavy (non-hydrogen) atoms. The molecule has 6 heteroatoms. The van der Waals surface area contributed by atoms with E-state index in [0.717, 1.165) is 61.8 Å². The Morgan fingerprint density at radius 3 is 1.89 bits per heavy atom. The van der Waals surface area contributed by atoms with Crippen LogP contribution in [0.4, 0.5) is 0 Å². The zero-order valence-corrected chi connectivity index (χ0v) is 21.9. The number of nitrogens with zero attached hydrogens (tertiary/aromatic N) is 6. The molecule has 3 aromatic carbocycles. The summed E-state index contributed by atoms with van der Waals surface area (Å²) in [6.45, 7) is 8.68. The van der Waals surface area contributed by atoms with Gasteiger partial charge in [-0.15, -0.1) is 10.2 Å². The first-order chi connectivity index (χ1) is 18.5. The molecule has 1 unspecified atom stereocenters. The van der Waals surface area contributed by atoms with Crippen LogP contribution in [0, 0.1) is 19.8 Å². The van der Waals surface area contributed by atoms with Gasteiger partial charge in [-0.1, -0.05) is 102 Å². The number of benzene rings is 3. The topological polar surface area (TPSA) is 61.4 Å². The quantitative estimate of drug-likeness (QED) is 0.255. The molecule has 0 radical (unpaired) electrons. The molecule has 0 saturated carbocycles. The van der Waals surface area contributed by atoms with Crippen LogP contribution in [0.1, 0.15) is 31.0 Å². The Kier molecular flexibility index (Phi) is 5.05. The third-order valence-electron chi connectivity index (χ3n) is 7.89. The van der Waals surface area contributed by atoms with Crippen molar-refractivity contribution < 1.29 is 0 Å². The van der Waals surface area contributed by atoms with E-state index in [1.807, 2.05) is 4.68 Å². The highest BCUT2D eigenvalue weighted by molar-refractivity contribution is 5.99. The summed E-state index contributed by atoms with van der Waals surface area (Å²) in [4.78, 5) is 0. The lowest BCUT2D eigenvalue weighted by Crippen LogP contribution is -2.21. The molecule has 0 N–H and O–H groups in total. The van der Waals surface area contributed by atoms with Crippen LogP contribution in [0.3, 0.4) is 0 Å². The molecular formula is C32H28N6. The molecule has 0 saturated heterocycles. The first-order valence-corrected chi connectivity index (χ1v) is 13.1. The van der Waals surface area contributed by atoms with Gasteiger partial charge in [0.05, 0.1) is 17.4 Å². The number of para-hydroxylation sites is 1. The summed E-state index contributed by atoms with van der Waals surface area (Å²) in [7, 11) is 0. The van der Waals surface area contributed by atoms with Crippen LogP contribution in [0.5, 0.6) is 0 Å². The molecule has 6 nitrogen and oxygen atoms in total. The highest BCUT2D eigenvalue weighted by Crippen LogP contribution is 2.48. The Labute approximate surface area is 222 Å². The summed E-state index contributed by atoms with van der Waals surface area (Å²) in [5.74, 6) is 0.288. The molecule has 7 rings (SSSR count). The van der Waals surface area contributed by atoms with E-state index in [4.69, 9.17) is 20.6 Å². The maximum absolute atomic E-state index is 4.82. The van der Waals surface area contributed by atoms with Crippen LogP contribution in [0.25, 0.3) is 50.7 Å². The molecule has 2 aliphatic carbocycles. The summed E-state index contributed by atoms with van der Waals surface area (Å²) in [5, 5.41) is 19.2. The fourth-order valence-corrected chi connectivity index (χ4v) is 6.13. The Balaban J connectivity index is 1.60. The van der Waals surface area contributed by atoms with E-state index >= 15 is 0 Å². The second kappa shape index (κ2) is 8.48. The van der Waals surface area contributed by atoms with Crippen molar-refractivity contribution in [1.82, 2.24) is 30.0 Å². The zero-order valence-electron chi connectivity index (χ0n) is 21.9. The summed E-state index contributed by atoms with van der Waals surface area (Å²) in [6, 6.07) is 23.3. The highest BCUT2D eigenvalue weighted by atomic mass is 15.5. The first kappa shape index (κ1) is 22.6. The van der Waals surface area contributed by atoms with Gasteiger partial charge in [0, 0.05) is 28.2 Å². The number of rotatable bonds is 2. The van der Waals surface area contributed by atoms with E-state index < -0.39 is 0 Å². The number of hydrogen-bond donors (Lipinski definition) is 0. The second-order valence-corrected chi connectivity index (χ2v) is 10.4. The first-order valence-electron chi connectivity index (χ1n) is 13.1. The minimum absolute atomic E-state index is 0.0806. The normalized spacial score (nSPS) is 17.5. The lowest BCUT2D eigenvalue weighted by Gasteiger charge is -2.28. The van der Waals surface area contributed by atoms with Gasteiger partial charge in [-0.25, -0.2) is 9.36 Å². The molecule has 0 spiro atoms. The van der Waals surface area contributed by atoms with Crippen molar-refractivity contribution in [2.75, 3.05) is 0 Å². The predicted molar refractivity (Wildman–Crippen MR) is 151 cm³/mol. The minimum Gasteiger partial charge on any atom is -0.236 e. The molecule has 2 heterocycles. The Hall–Kier alpha value is -4.58. The van der Waals surface area contributed by atoms with Crippen LogP contribution in [0.2, 0.25) is 0 Å². The number of aromatic nitrogens is 6. The van der Waals surface area contributed by atoms with Crippen LogP contribution in [-0.2, 0) is 0 Å². The largest absolute Gasteiger partial charge is 0.236 e. The molecule has 0 aliphatic heterocycles.